The van der Waals surface area contributed by atoms with Gasteiger partial charge in [-0.05, 0) is 64.3 Å². The maximum atomic E-state index is 12.8. The highest BCUT2D eigenvalue weighted by molar-refractivity contribution is 5.88. The molecule has 1 heterocycles. The summed E-state index contributed by atoms with van der Waals surface area (Å²) in [7, 11) is 0. The molecule has 0 aliphatic carbocycles. The summed E-state index contributed by atoms with van der Waals surface area (Å²) in [6.45, 7) is 7.79. The van der Waals surface area contributed by atoms with Crippen LogP contribution >= 0.6 is 0 Å². The van der Waals surface area contributed by atoms with E-state index in [1.54, 1.807) is 18.2 Å². The predicted molar refractivity (Wildman–Crippen MR) is 119 cm³/mol. The van der Waals surface area contributed by atoms with Crippen LogP contribution in [0.15, 0.2) is 62.8 Å². The minimum absolute atomic E-state index is 0.0391. The molecule has 0 saturated heterocycles. The Balaban J connectivity index is 2.13. The van der Waals surface area contributed by atoms with E-state index >= 15 is 0 Å². The van der Waals surface area contributed by atoms with Gasteiger partial charge in [-0.1, -0.05) is 23.3 Å². The molecule has 5 heteroatoms. The van der Waals surface area contributed by atoms with E-state index in [4.69, 9.17) is 4.42 Å². The van der Waals surface area contributed by atoms with Crippen LogP contribution in [0.25, 0.3) is 22.3 Å². The summed E-state index contributed by atoms with van der Waals surface area (Å²) >= 11 is 0. The third kappa shape index (κ3) is 4.40. The van der Waals surface area contributed by atoms with Crippen molar-refractivity contribution in [1.29, 1.82) is 0 Å². The molecule has 3 aromatic rings. The monoisotopic (exact) mass is 406 g/mol. The Labute approximate surface area is 175 Å². The van der Waals surface area contributed by atoms with Crippen molar-refractivity contribution in [3.63, 3.8) is 0 Å². The highest BCUT2D eigenvalue weighted by Crippen LogP contribution is 2.36. The normalized spacial score (nSPS) is 10.8. The molecule has 0 amide bonds. The summed E-state index contributed by atoms with van der Waals surface area (Å²) in [4.78, 5) is 12.8. The Bertz CT molecular complexity index is 1220. The van der Waals surface area contributed by atoms with Gasteiger partial charge in [-0.25, -0.2) is 0 Å². The summed E-state index contributed by atoms with van der Waals surface area (Å²) < 4.78 is 5.86. The first-order valence-corrected chi connectivity index (χ1v) is 9.78. The van der Waals surface area contributed by atoms with Crippen molar-refractivity contribution >= 4 is 11.0 Å². The van der Waals surface area contributed by atoms with Crippen LogP contribution in [-0.2, 0) is 12.8 Å². The lowest BCUT2D eigenvalue weighted by atomic mass is 10.0. The van der Waals surface area contributed by atoms with Crippen molar-refractivity contribution < 1.29 is 19.7 Å². The smallest absolute Gasteiger partial charge is 0.197 e. The summed E-state index contributed by atoms with van der Waals surface area (Å²) in [6, 6.07) is 7.67. The minimum atomic E-state index is -0.402. The number of fused-ring (bicyclic) bond motifs is 1. The van der Waals surface area contributed by atoms with Crippen LogP contribution in [0.4, 0.5) is 0 Å². The van der Waals surface area contributed by atoms with Crippen molar-refractivity contribution in [2.24, 2.45) is 0 Å². The Morgan fingerprint density at radius 2 is 1.57 bits per heavy atom. The first-order valence-electron chi connectivity index (χ1n) is 9.78. The van der Waals surface area contributed by atoms with Gasteiger partial charge in [0.2, 0.25) is 0 Å². The summed E-state index contributed by atoms with van der Waals surface area (Å²) in [6.07, 6.45) is 4.72. The molecule has 5 nitrogen and oxygen atoms in total. The van der Waals surface area contributed by atoms with Gasteiger partial charge in [0.25, 0.3) is 0 Å². The molecule has 0 radical (unpaired) electrons. The molecule has 0 unspecified atom stereocenters. The maximum absolute atomic E-state index is 12.8. The zero-order valence-corrected chi connectivity index (χ0v) is 17.6. The molecule has 1 aromatic heterocycles. The average molecular weight is 406 g/mol. The molecule has 156 valence electrons. The topological polar surface area (TPSA) is 90.9 Å². The molecular formula is C25H26O5. The van der Waals surface area contributed by atoms with Crippen LogP contribution in [-0.4, -0.2) is 15.3 Å². The molecular weight excluding hydrogens is 380 g/mol. The minimum Gasteiger partial charge on any atom is -0.508 e. The Morgan fingerprint density at radius 1 is 0.900 bits per heavy atom. The van der Waals surface area contributed by atoms with Crippen molar-refractivity contribution in [3.05, 3.63) is 75.0 Å². The molecule has 3 N–H and O–H groups in total. The zero-order valence-electron chi connectivity index (χ0n) is 17.6. The van der Waals surface area contributed by atoms with Gasteiger partial charge >= 0.3 is 0 Å². The number of aromatic hydroxyl groups is 3. The summed E-state index contributed by atoms with van der Waals surface area (Å²) in [5.41, 5.74) is 3.49. The number of hydrogen-bond acceptors (Lipinski definition) is 5. The van der Waals surface area contributed by atoms with E-state index in [1.165, 1.54) is 12.1 Å². The van der Waals surface area contributed by atoms with E-state index in [0.29, 0.717) is 29.7 Å². The molecule has 0 aliphatic heterocycles. The van der Waals surface area contributed by atoms with E-state index in [-0.39, 0.29) is 33.8 Å². The number of benzene rings is 2. The van der Waals surface area contributed by atoms with Gasteiger partial charge in [0.05, 0.1) is 0 Å². The Morgan fingerprint density at radius 3 is 2.23 bits per heavy atom. The van der Waals surface area contributed by atoms with Crippen LogP contribution in [0.2, 0.25) is 0 Å². The maximum Gasteiger partial charge on any atom is 0.197 e. The van der Waals surface area contributed by atoms with Gasteiger partial charge in [-0.2, -0.15) is 0 Å². The van der Waals surface area contributed by atoms with Crippen molar-refractivity contribution in [3.8, 4) is 28.6 Å². The third-order valence-electron chi connectivity index (χ3n) is 4.88. The van der Waals surface area contributed by atoms with E-state index in [9.17, 15) is 20.1 Å². The van der Waals surface area contributed by atoms with Crippen molar-refractivity contribution in [2.45, 2.75) is 40.5 Å². The zero-order chi connectivity index (χ0) is 22.0. The van der Waals surface area contributed by atoms with Gasteiger partial charge in [0, 0.05) is 23.3 Å². The fourth-order valence-corrected chi connectivity index (χ4v) is 3.20. The predicted octanol–water partition coefficient (Wildman–Crippen LogP) is 5.59. The highest BCUT2D eigenvalue weighted by atomic mass is 16.3. The molecule has 2 aromatic carbocycles. The number of hydrogen-bond donors (Lipinski definition) is 3. The number of allylic oxidation sites excluding steroid dienone is 4. The second kappa shape index (κ2) is 8.49. The Kier molecular flexibility index (Phi) is 6.01. The average Bonchev–Trinajstić information content (AvgIpc) is 2.66. The van der Waals surface area contributed by atoms with E-state index < -0.39 is 5.43 Å². The van der Waals surface area contributed by atoms with Crippen LogP contribution < -0.4 is 5.43 Å². The van der Waals surface area contributed by atoms with E-state index in [2.05, 4.69) is 0 Å². The molecule has 0 atom stereocenters. The number of rotatable bonds is 5. The number of phenolic OH excluding ortho intramolecular Hbond substituents is 3. The second-order valence-electron chi connectivity index (χ2n) is 7.89. The first kappa shape index (κ1) is 21.2. The van der Waals surface area contributed by atoms with Crippen molar-refractivity contribution in [2.75, 3.05) is 0 Å². The lowest BCUT2D eigenvalue weighted by Gasteiger charge is -2.11. The van der Waals surface area contributed by atoms with Gasteiger partial charge in [0.1, 0.15) is 34.0 Å². The first-order chi connectivity index (χ1) is 14.2. The van der Waals surface area contributed by atoms with E-state index in [0.717, 1.165) is 11.1 Å². The standard InChI is InChI=1S/C25H26O5/c1-14(2)5-7-16-11-17(8-10-19(16)26)22-13-21(28)24-23(30-22)12-20(27)18(25(24)29)9-6-15(3)4/h5-6,8,10-13,26-27,29H,7,9H2,1-4H3. The third-order valence-corrected chi connectivity index (χ3v) is 4.88. The lowest BCUT2D eigenvalue weighted by molar-refractivity contribution is 0.443. The molecule has 0 fully saturated rings. The second-order valence-corrected chi connectivity index (χ2v) is 7.89. The van der Waals surface area contributed by atoms with Crippen molar-refractivity contribution in [1.82, 2.24) is 0 Å². The molecule has 0 spiro atoms. The highest BCUT2D eigenvalue weighted by Gasteiger charge is 2.17. The quantitative estimate of drug-likeness (QED) is 0.480. The Hall–Kier alpha value is -3.47. The van der Waals surface area contributed by atoms with Crippen LogP contribution in [0.3, 0.4) is 0 Å². The molecule has 0 bridgehead atoms. The van der Waals surface area contributed by atoms with Crippen LogP contribution in [0.5, 0.6) is 17.2 Å². The molecule has 0 saturated carbocycles. The van der Waals surface area contributed by atoms with E-state index in [1.807, 2.05) is 39.8 Å². The van der Waals surface area contributed by atoms with Gasteiger partial charge in [0.15, 0.2) is 5.43 Å². The fourth-order valence-electron chi connectivity index (χ4n) is 3.20. The SMILES string of the molecule is CC(C)=CCc1cc(-c2cc(=O)c3c(O)c(CC=C(C)C)c(O)cc3o2)ccc1O. The lowest BCUT2D eigenvalue weighted by Crippen LogP contribution is -2.02. The van der Waals surface area contributed by atoms with Crippen LogP contribution in [0, 0.1) is 0 Å². The largest absolute Gasteiger partial charge is 0.508 e. The molecule has 0 aliphatic rings. The van der Waals surface area contributed by atoms with Gasteiger partial charge in [-0.3, -0.25) is 4.79 Å². The van der Waals surface area contributed by atoms with Gasteiger partial charge in [-0.15, -0.1) is 0 Å². The molecule has 30 heavy (non-hydrogen) atoms. The van der Waals surface area contributed by atoms with Gasteiger partial charge < -0.3 is 19.7 Å². The number of phenols is 3. The summed E-state index contributed by atoms with van der Waals surface area (Å²) in [5, 5.41) is 31.1. The summed E-state index contributed by atoms with van der Waals surface area (Å²) in [5.74, 6) is 0.0610. The fraction of sp³-hybridized carbons (Fsp3) is 0.240. The van der Waals surface area contributed by atoms with Crippen LogP contribution in [0.1, 0.15) is 38.8 Å². The molecule has 3 rings (SSSR count).